The Labute approximate surface area is 135 Å². The molecular formula is C17H21N3O3. The van der Waals surface area contributed by atoms with Crippen molar-refractivity contribution in [3.05, 3.63) is 52.8 Å². The lowest BCUT2D eigenvalue weighted by molar-refractivity contribution is -0.141. The van der Waals surface area contributed by atoms with E-state index in [9.17, 15) is 9.59 Å². The summed E-state index contributed by atoms with van der Waals surface area (Å²) in [6, 6.07) is 8.31. The van der Waals surface area contributed by atoms with Gasteiger partial charge in [-0.25, -0.2) is 4.79 Å². The van der Waals surface area contributed by atoms with E-state index in [4.69, 9.17) is 5.11 Å². The van der Waals surface area contributed by atoms with E-state index in [0.717, 1.165) is 17.0 Å². The molecule has 0 saturated heterocycles. The molecule has 0 spiro atoms. The summed E-state index contributed by atoms with van der Waals surface area (Å²) in [5, 5.41) is 13.4. The summed E-state index contributed by atoms with van der Waals surface area (Å²) in [5.41, 5.74) is 3.55. The zero-order chi connectivity index (χ0) is 17.1. The largest absolute Gasteiger partial charge is 0.480 e. The highest BCUT2D eigenvalue weighted by Gasteiger charge is 2.22. The molecule has 1 amide bonds. The highest BCUT2D eigenvalue weighted by Crippen LogP contribution is 2.11. The van der Waals surface area contributed by atoms with Gasteiger partial charge in [0.15, 0.2) is 0 Å². The third kappa shape index (κ3) is 3.77. The van der Waals surface area contributed by atoms with Crippen molar-refractivity contribution in [2.24, 2.45) is 0 Å². The summed E-state index contributed by atoms with van der Waals surface area (Å²) in [7, 11) is 1.49. The van der Waals surface area contributed by atoms with Gasteiger partial charge in [0.25, 0.3) is 5.91 Å². The number of carbonyl (C=O) groups is 2. The van der Waals surface area contributed by atoms with E-state index in [1.54, 1.807) is 12.1 Å². The normalized spacial score (nSPS) is 12.0. The molecule has 1 aromatic carbocycles. The lowest BCUT2D eigenvalue weighted by atomic mass is 10.1. The summed E-state index contributed by atoms with van der Waals surface area (Å²) < 4.78 is 1.91. The van der Waals surface area contributed by atoms with E-state index in [2.05, 4.69) is 5.10 Å². The van der Waals surface area contributed by atoms with Gasteiger partial charge in [0, 0.05) is 18.3 Å². The molecule has 0 aliphatic rings. The van der Waals surface area contributed by atoms with Gasteiger partial charge in [-0.15, -0.1) is 0 Å². The molecule has 0 saturated carbocycles. The van der Waals surface area contributed by atoms with Crippen LogP contribution >= 0.6 is 0 Å². The maximum Gasteiger partial charge on any atom is 0.326 e. The maximum atomic E-state index is 12.3. The maximum absolute atomic E-state index is 12.3. The van der Waals surface area contributed by atoms with Gasteiger partial charge in [-0.2, -0.15) is 5.10 Å². The molecule has 1 heterocycles. The standard InChI is InChI=1S/C17H21N3O3/c1-11-9-12(2)20(18-11)10-14-5-7-15(8-6-14)16(21)19(4)13(3)17(22)23/h5-9,13H,10H2,1-4H3,(H,22,23). The number of rotatable bonds is 5. The number of benzene rings is 1. The number of aryl methyl sites for hydroxylation is 2. The molecule has 2 aromatic rings. The summed E-state index contributed by atoms with van der Waals surface area (Å²) in [6.45, 7) is 6.07. The number of nitrogens with zero attached hydrogens (tertiary/aromatic N) is 3. The fraction of sp³-hybridized carbons (Fsp3) is 0.353. The van der Waals surface area contributed by atoms with Gasteiger partial charge in [0.05, 0.1) is 12.2 Å². The van der Waals surface area contributed by atoms with Gasteiger partial charge in [-0.3, -0.25) is 9.48 Å². The van der Waals surface area contributed by atoms with Crippen LogP contribution in [0.3, 0.4) is 0 Å². The predicted molar refractivity (Wildman–Crippen MR) is 86.4 cm³/mol. The summed E-state index contributed by atoms with van der Waals surface area (Å²) in [6.07, 6.45) is 0. The fourth-order valence-electron chi connectivity index (χ4n) is 2.31. The fourth-order valence-corrected chi connectivity index (χ4v) is 2.31. The highest BCUT2D eigenvalue weighted by molar-refractivity contribution is 5.96. The first kappa shape index (κ1) is 16.7. The number of likely N-dealkylation sites (N-methyl/N-ethyl adjacent to an activating group) is 1. The molecule has 0 bridgehead atoms. The number of hydrogen-bond donors (Lipinski definition) is 1. The van der Waals surface area contributed by atoms with Crippen molar-refractivity contribution in [3.8, 4) is 0 Å². The Hall–Kier alpha value is -2.63. The second kappa shape index (κ2) is 6.64. The van der Waals surface area contributed by atoms with Crippen LogP contribution in [0.15, 0.2) is 30.3 Å². The van der Waals surface area contributed by atoms with Crippen molar-refractivity contribution in [3.63, 3.8) is 0 Å². The number of carbonyl (C=O) groups excluding carboxylic acids is 1. The minimum atomic E-state index is -1.03. The molecule has 0 fully saturated rings. The van der Waals surface area contributed by atoms with Gasteiger partial charge in [-0.05, 0) is 44.5 Å². The molecule has 122 valence electrons. The predicted octanol–water partition coefficient (Wildman–Crippen LogP) is 2.09. The van der Waals surface area contributed by atoms with Gasteiger partial charge in [0.1, 0.15) is 6.04 Å². The van der Waals surface area contributed by atoms with Gasteiger partial charge < -0.3 is 10.0 Å². The smallest absolute Gasteiger partial charge is 0.326 e. The van der Waals surface area contributed by atoms with Crippen molar-refractivity contribution in [2.45, 2.75) is 33.4 Å². The quantitative estimate of drug-likeness (QED) is 0.917. The third-order valence-electron chi connectivity index (χ3n) is 3.90. The van der Waals surface area contributed by atoms with E-state index in [-0.39, 0.29) is 5.91 Å². The van der Waals surface area contributed by atoms with Crippen molar-refractivity contribution >= 4 is 11.9 Å². The molecule has 2 rings (SSSR count). The van der Waals surface area contributed by atoms with Gasteiger partial charge in [-0.1, -0.05) is 12.1 Å². The number of hydrogen-bond acceptors (Lipinski definition) is 3. The topological polar surface area (TPSA) is 75.4 Å². The van der Waals surface area contributed by atoms with Crippen LogP contribution in [0.1, 0.15) is 34.2 Å². The highest BCUT2D eigenvalue weighted by atomic mass is 16.4. The molecule has 1 aromatic heterocycles. The number of carboxylic acids is 1. The monoisotopic (exact) mass is 315 g/mol. The molecule has 6 nitrogen and oxygen atoms in total. The van der Waals surface area contributed by atoms with E-state index in [1.165, 1.54) is 18.9 Å². The minimum Gasteiger partial charge on any atom is -0.480 e. The SMILES string of the molecule is Cc1cc(C)n(Cc2ccc(C(=O)N(C)C(C)C(=O)O)cc2)n1. The first-order chi connectivity index (χ1) is 10.8. The molecule has 6 heteroatoms. The summed E-state index contributed by atoms with van der Waals surface area (Å²) in [5.74, 6) is -1.33. The Morgan fingerprint density at radius 1 is 1.26 bits per heavy atom. The van der Waals surface area contributed by atoms with Gasteiger partial charge in [0.2, 0.25) is 0 Å². The molecule has 1 N–H and O–H groups in total. The molecular weight excluding hydrogens is 294 g/mol. The van der Waals surface area contributed by atoms with E-state index < -0.39 is 12.0 Å². The second-order valence-corrected chi connectivity index (χ2v) is 5.71. The molecule has 0 aliphatic heterocycles. The van der Waals surface area contributed by atoms with Gasteiger partial charge >= 0.3 is 5.97 Å². The zero-order valence-corrected chi connectivity index (χ0v) is 13.8. The number of aromatic nitrogens is 2. The molecule has 23 heavy (non-hydrogen) atoms. The minimum absolute atomic E-state index is 0.308. The van der Waals surface area contributed by atoms with Crippen LogP contribution in [0.25, 0.3) is 0 Å². The molecule has 1 atom stereocenters. The Kier molecular flexibility index (Phi) is 4.83. The number of carboxylic acid groups (broad SMARTS) is 1. The Morgan fingerprint density at radius 2 is 1.87 bits per heavy atom. The van der Waals surface area contributed by atoms with Crippen LogP contribution in [0.4, 0.5) is 0 Å². The van der Waals surface area contributed by atoms with Crippen molar-refractivity contribution < 1.29 is 14.7 Å². The first-order valence-electron chi connectivity index (χ1n) is 7.39. The van der Waals surface area contributed by atoms with E-state index in [1.807, 2.05) is 36.7 Å². The average molecular weight is 315 g/mol. The molecule has 1 unspecified atom stereocenters. The Morgan fingerprint density at radius 3 is 2.35 bits per heavy atom. The van der Waals surface area contributed by atoms with Crippen molar-refractivity contribution in [2.75, 3.05) is 7.05 Å². The van der Waals surface area contributed by atoms with Crippen molar-refractivity contribution in [1.82, 2.24) is 14.7 Å². The average Bonchev–Trinajstić information content (AvgIpc) is 2.83. The van der Waals surface area contributed by atoms with Crippen LogP contribution in [0.5, 0.6) is 0 Å². The number of aliphatic carboxylic acids is 1. The van der Waals surface area contributed by atoms with E-state index in [0.29, 0.717) is 12.1 Å². The van der Waals surface area contributed by atoms with E-state index >= 15 is 0 Å². The molecule has 0 radical (unpaired) electrons. The van der Waals surface area contributed by atoms with Crippen molar-refractivity contribution in [1.29, 1.82) is 0 Å². The van der Waals surface area contributed by atoms with Crippen LogP contribution in [-0.2, 0) is 11.3 Å². The summed E-state index contributed by atoms with van der Waals surface area (Å²) >= 11 is 0. The lowest BCUT2D eigenvalue weighted by Crippen LogP contribution is -2.40. The number of amides is 1. The van der Waals surface area contributed by atoms with Crippen LogP contribution < -0.4 is 0 Å². The Balaban J connectivity index is 2.11. The summed E-state index contributed by atoms with van der Waals surface area (Å²) in [4.78, 5) is 24.4. The lowest BCUT2D eigenvalue weighted by Gasteiger charge is -2.21. The van der Waals surface area contributed by atoms with Crippen LogP contribution in [-0.4, -0.2) is 44.8 Å². The zero-order valence-electron chi connectivity index (χ0n) is 13.8. The Bertz CT molecular complexity index is 719. The third-order valence-corrected chi connectivity index (χ3v) is 3.90. The molecule has 0 aliphatic carbocycles. The first-order valence-corrected chi connectivity index (χ1v) is 7.39. The van der Waals surface area contributed by atoms with Crippen LogP contribution in [0.2, 0.25) is 0 Å². The second-order valence-electron chi connectivity index (χ2n) is 5.71. The van der Waals surface area contributed by atoms with Crippen LogP contribution in [0, 0.1) is 13.8 Å².